The van der Waals surface area contributed by atoms with Gasteiger partial charge in [0.25, 0.3) is 0 Å². The molecule has 0 fully saturated rings. The second kappa shape index (κ2) is 5.53. The molecule has 2 N–H and O–H groups in total. The molecule has 1 nitrogen and oxygen atoms in total. The number of hydrogen-bond donors (Lipinski definition) is 1. The molecule has 0 aliphatic rings. The lowest BCUT2D eigenvalue weighted by molar-refractivity contribution is 0.942. The highest BCUT2D eigenvalue weighted by Crippen LogP contribution is 2.28. The van der Waals surface area contributed by atoms with E-state index < -0.39 is 0 Å². The Labute approximate surface area is 88.7 Å². The van der Waals surface area contributed by atoms with E-state index >= 15 is 0 Å². The van der Waals surface area contributed by atoms with Crippen molar-refractivity contribution in [3.63, 3.8) is 0 Å². The van der Waals surface area contributed by atoms with Gasteiger partial charge in [-0.2, -0.15) is 11.8 Å². The minimum absolute atomic E-state index is 0.378. The normalized spacial score (nSPS) is 12.8. The Hall–Kier alpha value is -0.180. The van der Waals surface area contributed by atoms with Crippen LogP contribution in [0.3, 0.4) is 0 Å². The van der Waals surface area contributed by atoms with Crippen LogP contribution in [0.25, 0.3) is 0 Å². The summed E-state index contributed by atoms with van der Waals surface area (Å²) < 4.78 is 0. The molecule has 1 unspecified atom stereocenters. The van der Waals surface area contributed by atoms with Gasteiger partial charge in [-0.15, -0.1) is 0 Å². The van der Waals surface area contributed by atoms with Crippen molar-refractivity contribution >= 4 is 23.4 Å². The second-order valence-corrected chi connectivity index (χ2v) is 4.65. The Balaban J connectivity index is 2.78. The topological polar surface area (TPSA) is 26.0 Å². The highest BCUT2D eigenvalue weighted by atomic mass is 35.5. The zero-order chi connectivity index (χ0) is 9.68. The minimum Gasteiger partial charge on any atom is -0.329 e. The predicted molar refractivity (Wildman–Crippen MR) is 61.4 cm³/mol. The third-order valence-corrected chi connectivity index (χ3v) is 3.24. The van der Waals surface area contributed by atoms with E-state index in [0.29, 0.717) is 11.8 Å². The molecule has 0 saturated carbocycles. The summed E-state index contributed by atoms with van der Waals surface area (Å²) in [6, 6.07) is 7.92. The SMILES string of the molecule is CCSC(CN)c1cccc(Cl)c1. The van der Waals surface area contributed by atoms with Crippen LogP contribution in [0.1, 0.15) is 17.7 Å². The summed E-state index contributed by atoms with van der Waals surface area (Å²) in [5.41, 5.74) is 6.90. The highest BCUT2D eigenvalue weighted by molar-refractivity contribution is 7.99. The van der Waals surface area contributed by atoms with Gasteiger partial charge in [-0.25, -0.2) is 0 Å². The maximum Gasteiger partial charge on any atom is 0.0420 e. The average molecular weight is 216 g/mol. The zero-order valence-corrected chi connectivity index (χ0v) is 9.24. The molecule has 0 heterocycles. The summed E-state index contributed by atoms with van der Waals surface area (Å²) in [4.78, 5) is 0. The Morgan fingerprint density at radius 3 is 2.85 bits per heavy atom. The number of rotatable bonds is 4. The standard InChI is InChI=1S/C10H14ClNS/c1-2-13-10(7-12)8-4-3-5-9(11)6-8/h3-6,10H,2,7,12H2,1H3. The Morgan fingerprint density at radius 2 is 2.31 bits per heavy atom. The molecule has 0 bridgehead atoms. The van der Waals surface area contributed by atoms with E-state index in [2.05, 4.69) is 13.0 Å². The Bertz CT molecular complexity index is 265. The smallest absolute Gasteiger partial charge is 0.0420 e. The number of thioether (sulfide) groups is 1. The van der Waals surface area contributed by atoms with Gasteiger partial charge in [0.05, 0.1) is 0 Å². The molecule has 1 aromatic rings. The first-order valence-corrected chi connectivity index (χ1v) is 5.77. The average Bonchev–Trinajstić information content (AvgIpc) is 2.14. The first-order chi connectivity index (χ1) is 6.27. The van der Waals surface area contributed by atoms with Crippen LogP contribution in [0, 0.1) is 0 Å². The fourth-order valence-electron chi connectivity index (χ4n) is 1.21. The lowest BCUT2D eigenvalue weighted by atomic mass is 10.1. The molecule has 1 atom stereocenters. The third kappa shape index (κ3) is 3.22. The number of benzene rings is 1. The Kier molecular flexibility index (Phi) is 4.64. The van der Waals surface area contributed by atoms with E-state index in [0.717, 1.165) is 10.8 Å². The van der Waals surface area contributed by atoms with Crippen LogP contribution in [-0.2, 0) is 0 Å². The van der Waals surface area contributed by atoms with Crippen molar-refractivity contribution in [3.05, 3.63) is 34.9 Å². The van der Waals surface area contributed by atoms with Gasteiger partial charge in [-0.05, 0) is 23.4 Å². The fourth-order valence-corrected chi connectivity index (χ4v) is 2.28. The maximum atomic E-state index is 5.90. The summed E-state index contributed by atoms with van der Waals surface area (Å²) in [5, 5.41) is 1.16. The Morgan fingerprint density at radius 1 is 1.54 bits per heavy atom. The summed E-state index contributed by atoms with van der Waals surface area (Å²) in [6.07, 6.45) is 0. The van der Waals surface area contributed by atoms with Crippen molar-refractivity contribution in [2.45, 2.75) is 12.2 Å². The molecule has 0 saturated heterocycles. The van der Waals surface area contributed by atoms with Gasteiger partial charge in [-0.1, -0.05) is 30.7 Å². The van der Waals surface area contributed by atoms with Crippen LogP contribution in [0.2, 0.25) is 5.02 Å². The molecular formula is C10H14ClNS. The van der Waals surface area contributed by atoms with Crippen LogP contribution in [0.4, 0.5) is 0 Å². The molecule has 0 aromatic heterocycles. The van der Waals surface area contributed by atoms with E-state index in [1.807, 2.05) is 30.0 Å². The summed E-state index contributed by atoms with van der Waals surface area (Å²) in [7, 11) is 0. The predicted octanol–water partition coefficient (Wildman–Crippen LogP) is 3.09. The highest BCUT2D eigenvalue weighted by Gasteiger charge is 2.08. The molecule has 0 aliphatic heterocycles. The maximum absolute atomic E-state index is 5.90. The van der Waals surface area contributed by atoms with Crippen molar-refractivity contribution in [1.29, 1.82) is 0 Å². The van der Waals surface area contributed by atoms with Crippen LogP contribution in [0.15, 0.2) is 24.3 Å². The molecule has 1 rings (SSSR count). The van der Waals surface area contributed by atoms with Crippen molar-refractivity contribution in [2.24, 2.45) is 5.73 Å². The molecule has 72 valence electrons. The van der Waals surface area contributed by atoms with Gasteiger partial charge in [0.2, 0.25) is 0 Å². The first-order valence-electron chi connectivity index (χ1n) is 4.35. The molecule has 0 spiro atoms. The monoisotopic (exact) mass is 215 g/mol. The van der Waals surface area contributed by atoms with E-state index in [4.69, 9.17) is 17.3 Å². The third-order valence-electron chi connectivity index (χ3n) is 1.80. The number of halogens is 1. The van der Waals surface area contributed by atoms with Gasteiger partial charge in [0.1, 0.15) is 0 Å². The van der Waals surface area contributed by atoms with E-state index in [1.54, 1.807) is 0 Å². The second-order valence-electron chi connectivity index (χ2n) is 2.73. The van der Waals surface area contributed by atoms with E-state index in [-0.39, 0.29) is 0 Å². The summed E-state index contributed by atoms with van der Waals surface area (Å²) >= 11 is 7.75. The molecular weight excluding hydrogens is 202 g/mol. The van der Waals surface area contributed by atoms with Crippen molar-refractivity contribution in [2.75, 3.05) is 12.3 Å². The number of nitrogens with two attached hydrogens (primary N) is 1. The van der Waals surface area contributed by atoms with Gasteiger partial charge >= 0.3 is 0 Å². The molecule has 1 aromatic carbocycles. The molecule has 13 heavy (non-hydrogen) atoms. The van der Waals surface area contributed by atoms with Crippen molar-refractivity contribution in [1.82, 2.24) is 0 Å². The van der Waals surface area contributed by atoms with E-state index in [9.17, 15) is 0 Å². The summed E-state index contributed by atoms with van der Waals surface area (Å²) in [6.45, 7) is 2.80. The minimum atomic E-state index is 0.378. The van der Waals surface area contributed by atoms with Crippen LogP contribution < -0.4 is 5.73 Å². The zero-order valence-electron chi connectivity index (χ0n) is 7.66. The fraction of sp³-hybridized carbons (Fsp3) is 0.400. The van der Waals surface area contributed by atoms with E-state index in [1.165, 1.54) is 5.56 Å². The van der Waals surface area contributed by atoms with Crippen LogP contribution in [-0.4, -0.2) is 12.3 Å². The quantitative estimate of drug-likeness (QED) is 0.836. The van der Waals surface area contributed by atoms with Gasteiger partial charge in [0, 0.05) is 16.8 Å². The molecule has 0 radical (unpaired) electrons. The largest absolute Gasteiger partial charge is 0.329 e. The molecule has 0 amide bonds. The molecule has 3 heteroatoms. The van der Waals surface area contributed by atoms with Crippen molar-refractivity contribution in [3.8, 4) is 0 Å². The first kappa shape index (κ1) is 10.9. The number of hydrogen-bond acceptors (Lipinski definition) is 2. The molecule has 0 aliphatic carbocycles. The van der Waals surface area contributed by atoms with Crippen LogP contribution in [0.5, 0.6) is 0 Å². The van der Waals surface area contributed by atoms with Gasteiger partial charge in [0.15, 0.2) is 0 Å². The lowest BCUT2D eigenvalue weighted by Gasteiger charge is -2.13. The van der Waals surface area contributed by atoms with Crippen molar-refractivity contribution < 1.29 is 0 Å². The summed E-state index contributed by atoms with van der Waals surface area (Å²) in [5.74, 6) is 1.08. The van der Waals surface area contributed by atoms with Gasteiger partial charge < -0.3 is 5.73 Å². The van der Waals surface area contributed by atoms with Gasteiger partial charge in [-0.3, -0.25) is 0 Å². The van der Waals surface area contributed by atoms with Crippen LogP contribution >= 0.6 is 23.4 Å². The lowest BCUT2D eigenvalue weighted by Crippen LogP contribution is -2.09.